The predicted octanol–water partition coefficient (Wildman–Crippen LogP) is 2.76. The average molecular weight is 333 g/mol. The summed E-state index contributed by atoms with van der Waals surface area (Å²) in [6, 6.07) is 14.0. The lowest BCUT2D eigenvalue weighted by Gasteiger charge is -2.14. The zero-order valence-corrected chi connectivity index (χ0v) is 13.2. The van der Waals surface area contributed by atoms with Crippen LogP contribution in [0.1, 0.15) is 27.1 Å². The van der Waals surface area contributed by atoms with E-state index in [0.717, 1.165) is 5.75 Å². The Kier molecular flexibility index (Phi) is 5.24. The van der Waals surface area contributed by atoms with Crippen LogP contribution in [-0.2, 0) is 0 Å². The van der Waals surface area contributed by atoms with Crippen LogP contribution in [0, 0.1) is 0 Å². The first kappa shape index (κ1) is 16.8. The van der Waals surface area contributed by atoms with Crippen molar-refractivity contribution >= 4 is 29.9 Å². The van der Waals surface area contributed by atoms with Crippen LogP contribution in [0.3, 0.4) is 0 Å². The van der Waals surface area contributed by atoms with Crippen LogP contribution in [-0.4, -0.2) is 29.9 Å². The Morgan fingerprint density at radius 3 is 2.04 bits per heavy atom. The molecule has 1 aliphatic rings. The summed E-state index contributed by atoms with van der Waals surface area (Å²) in [7, 11) is 0. The summed E-state index contributed by atoms with van der Waals surface area (Å²) in [5.41, 5.74) is 7.24. The van der Waals surface area contributed by atoms with Gasteiger partial charge in [-0.2, -0.15) is 0 Å². The van der Waals surface area contributed by atoms with Crippen molar-refractivity contribution in [2.45, 2.75) is 6.42 Å². The van der Waals surface area contributed by atoms with Crippen LogP contribution >= 0.6 is 12.4 Å². The molecule has 2 amide bonds. The maximum absolute atomic E-state index is 12.2. The van der Waals surface area contributed by atoms with E-state index in [9.17, 15) is 9.59 Å². The molecule has 5 nitrogen and oxygen atoms in total. The summed E-state index contributed by atoms with van der Waals surface area (Å²) in [5.74, 6) is 0.262. The smallest absolute Gasteiger partial charge is 0.261 e. The van der Waals surface area contributed by atoms with E-state index in [2.05, 4.69) is 0 Å². The fraction of sp³-hybridized carbons (Fsp3) is 0.176. The summed E-state index contributed by atoms with van der Waals surface area (Å²) in [6.45, 7) is 0.776. The molecular weight excluding hydrogens is 316 g/mol. The van der Waals surface area contributed by atoms with Crippen LogP contribution in [0.5, 0.6) is 5.75 Å². The van der Waals surface area contributed by atoms with E-state index in [1.54, 1.807) is 48.5 Å². The lowest BCUT2D eigenvalue weighted by Crippen LogP contribution is -2.31. The van der Waals surface area contributed by atoms with Gasteiger partial charge in [0.1, 0.15) is 5.75 Å². The van der Waals surface area contributed by atoms with E-state index >= 15 is 0 Å². The number of nitrogens with zero attached hydrogens (tertiary/aromatic N) is 1. The molecule has 3 rings (SSSR count). The zero-order valence-electron chi connectivity index (χ0n) is 12.4. The van der Waals surface area contributed by atoms with Crippen molar-refractivity contribution in [1.29, 1.82) is 0 Å². The number of anilines is 1. The van der Waals surface area contributed by atoms with Crippen molar-refractivity contribution in [2.24, 2.45) is 0 Å². The molecule has 0 aliphatic carbocycles. The van der Waals surface area contributed by atoms with Crippen LogP contribution in [0.4, 0.5) is 5.69 Å². The molecule has 0 bridgehead atoms. The highest BCUT2D eigenvalue weighted by Gasteiger charge is 2.34. The number of rotatable bonds is 5. The van der Waals surface area contributed by atoms with Gasteiger partial charge >= 0.3 is 0 Å². The number of benzene rings is 2. The van der Waals surface area contributed by atoms with Crippen molar-refractivity contribution in [3.8, 4) is 5.75 Å². The molecule has 2 N–H and O–H groups in total. The highest BCUT2D eigenvalue weighted by molar-refractivity contribution is 6.21. The van der Waals surface area contributed by atoms with Gasteiger partial charge in [0, 0.05) is 12.2 Å². The maximum atomic E-state index is 12.2. The van der Waals surface area contributed by atoms with Gasteiger partial charge in [0.05, 0.1) is 17.7 Å². The van der Waals surface area contributed by atoms with Gasteiger partial charge in [0.25, 0.3) is 11.8 Å². The molecule has 0 fully saturated rings. The van der Waals surface area contributed by atoms with Gasteiger partial charge in [-0.25, -0.2) is 0 Å². The second-order valence-corrected chi connectivity index (χ2v) is 5.08. The van der Waals surface area contributed by atoms with Crippen molar-refractivity contribution in [3.05, 3.63) is 59.7 Å². The molecule has 0 spiro atoms. The van der Waals surface area contributed by atoms with Crippen LogP contribution in [0.2, 0.25) is 0 Å². The highest BCUT2D eigenvalue weighted by atomic mass is 35.5. The molecule has 0 aromatic heterocycles. The number of imide groups is 1. The van der Waals surface area contributed by atoms with E-state index in [1.165, 1.54) is 4.90 Å². The lowest BCUT2D eigenvalue weighted by atomic mass is 10.1. The fourth-order valence-electron chi connectivity index (χ4n) is 2.42. The molecule has 0 unspecified atom stereocenters. The summed E-state index contributed by atoms with van der Waals surface area (Å²) in [4.78, 5) is 25.6. The number of fused-ring (bicyclic) bond motifs is 1. The molecule has 6 heteroatoms. The number of carbonyl (C=O) groups excluding carboxylic acids is 2. The summed E-state index contributed by atoms with van der Waals surface area (Å²) in [6.07, 6.45) is 0.579. The Morgan fingerprint density at radius 1 is 0.913 bits per heavy atom. The van der Waals surface area contributed by atoms with E-state index in [0.29, 0.717) is 36.4 Å². The second kappa shape index (κ2) is 7.15. The van der Waals surface area contributed by atoms with Crippen LogP contribution in [0.25, 0.3) is 0 Å². The minimum atomic E-state index is -0.229. The van der Waals surface area contributed by atoms with E-state index in [1.807, 2.05) is 0 Å². The maximum Gasteiger partial charge on any atom is 0.261 e. The number of hydrogen-bond donors (Lipinski definition) is 1. The normalized spacial score (nSPS) is 12.8. The molecule has 2 aromatic carbocycles. The van der Waals surface area contributed by atoms with Crippen molar-refractivity contribution in [2.75, 3.05) is 18.9 Å². The first-order valence-corrected chi connectivity index (χ1v) is 7.10. The minimum Gasteiger partial charge on any atom is -0.494 e. The van der Waals surface area contributed by atoms with Gasteiger partial charge < -0.3 is 10.5 Å². The second-order valence-electron chi connectivity index (χ2n) is 5.08. The first-order chi connectivity index (χ1) is 10.7. The largest absolute Gasteiger partial charge is 0.494 e. The molecule has 1 aliphatic heterocycles. The van der Waals surface area contributed by atoms with Crippen molar-refractivity contribution in [3.63, 3.8) is 0 Å². The number of nitrogen functional groups attached to an aromatic ring is 1. The lowest BCUT2D eigenvalue weighted by molar-refractivity contribution is 0.0647. The van der Waals surface area contributed by atoms with Gasteiger partial charge in [-0.15, -0.1) is 12.4 Å². The molecular formula is C17H17ClN2O3. The summed E-state index contributed by atoms with van der Waals surface area (Å²) < 4.78 is 5.56. The molecule has 120 valence electrons. The van der Waals surface area contributed by atoms with Gasteiger partial charge in [-0.05, 0) is 42.8 Å². The Labute approximate surface area is 140 Å². The van der Waals surface area contributed by atoms with E-state index in [4.69, 9.17) is 10.5 Å². The van der Waals surface area contributed by atoms with Gasteiger partial charge in [-0.3, -0.25) is 14.5 Å². The average Bonchev–Trinajstić information content (AvgIpc) is 2.78. The van der Waals surface area contributed by atoms with E-state index in [-0.39, 0.29) is 24.2 Å². The zero-order chi connectivity index (χ0) is 15.5. The number of carbonyl (C=O) groups is 2. The summed E-state index contributed by atoms with van der Waals surface area (Å²) >= 11 is 0. The Hall–Kier alpha value is -2.53. The molecule has 2 aromatic rings. The van der Waals surface area contributed by atoms with Crippen molar-refractivity contribution in [1.82, 2.24) is 4.90 Å². The molecule has 0 saturated heterocycles. The minimum absolute atomic E-state index is 0. The molecule has 23 heavy (non-hydrogen) atoms. The number of ether oxygens (including phenoxy) is 1. The molecule has 0 saturated carbocycles. The van der Waals surface area contributed by atoms with Crippen LogP contribution < -0.4 is 10.5 Å². The number of amides is 2. The Morgan fingerprint density at radius 2 is 1.48 bits per heavy atom. The standard InChI is InChI=1S/C17H16N2O3.ClH/c18-12-6-8-13(9-7-12)22-11-3-10-19-16(20)14-4-1-2-5-15(14)17(19)21;/h1-2,4-9H,3,10-11,18H2;1H. The quantitative estimate of drug-likeness (QED) is 0.519. The molecule has 0 atom stereocenters. The van der Waals surface area contributed by atoms with E-state index < -0.39 is 0 Å². The Balaban J connectivity index is 0.00000192. The molecule has 0 radical (unpaired) electrons. The summed E-state index contributed by atoms with van der Waals surface area (Å²) in [5, 5.41) is 0. The third kappa shape index (κ3) is 3.46. The third-order valence-electron chi connectivity index (χ3n) is 3.55. The number of hydrogen-bond acceptors (Lipinski definition) is 4. The topological polar surface area (TPSA) is 72.6 Å². The number of nitrogens with two attached hydrogens (primary N) is 1. The molecule has 1 heterocycles. The first-order valence-electron chi connectivity index (χ1n) is 7.10. The Bertz CT molecular complexity index is 681. The SMILES string of the molecule is Cl.Nc1ccc(OCCCN2C(=O)c3ccccc3C2=O)cc1. The van der Waals surface area contributed by atoms with Gasteiger partial charge in [-0.1, -0.05) is 12.1 Å². The highest BCUT2D eigenvalue weighted by Crippen LogP contribution is 2.22. The van der Waals surface area contributed by atoms with Gasteiger partial charge in [0.15, 0.2) is 0 Å². The van der Waals surface area contributed by atoms with Crippen molar-refractivity contribution < 1.29 is 14.3 Å². The number of halogens is 1. The fourth-order valence-corrected chi connectivity index (χ4v) is 2.42. The monoisotopic (exact) mass is 332 g/mol. The predicted molar refractivity (Wildman–Crippen MR) is 90.0 cm³/mol. The van der Waals surface area contributed by atoms with Gasteiger partial charge in [0.2, 0.25) is 0 Å². The third-order valence-corrected chi connectivity index (χ3v) is 3.55. The van der Waals surface area contributed by atoms with Crippen LogP contribution in [0.15, 0.2) is 48.5 Å².